The minimum atomic E-state index is -0.397. The first-order valence-electron chi connectivity index (χ1n) is 9.26. The average molecular weight is 404 g/mol. The summed E-state index contributed by atoms with van der Waals surface area (Å²) in [5.74, 6) is 0.130. The third-order valence-corrected chi connectivity index (χ3v) is 6.65. The molecule has 2 aliphatic rings. The van der Waals surface area contributed by atoms with Crippen LogP contribution in [0.15, 0.2) is 41.4 Å². The average Bonchev–Trinajstić information content (AvgIpc) is 3.26. The predicted molar refractivity (Wildman–Crippen MR) is 110 cm³/mol. The van der Waals surface area contributed by atoms with Crippen LogP contribution in [0.5, 0.6) is 0 Å². The lowest BCUT2D eigenvalue weighted by atomic mass is 9.88. The number of hydrogen-bond acceptors (Lipinski definition) is 2. The van der Waals surface area contributed by atoms with Crippen LogP contribution in [0.2, 0.25) is 0 Å². The van der Waals surface area contributed by atoms with Crippen molar-refractivity contribution in [2.24, 2.45) is 7.05 Å². The molecule has 27 heavy (non-hydrogen) atoms. The molecular formula is C21H23Cl2N3O. The van der Waals surface area contributed by atoms with E-state index in [0.717, 1.165) is 36.3 Å². The summed E-state index contributed by atoms with van der Waals surface area (Å²) >= 11 is 12.7. The maximum atomic E-state index is 13.3. The van der Waals surface area contributed by atoms with Crippen molar-refractivity contribution in [1.82, 2.24) is 15.2 Å². The first-order chi connectivity index (χ1) is 12.9. The third-order valence-electron chi connectivity index (χ3n) is 5.77. The number of nitrogens with one attached hydrogen (secondary N) is 2. The van der Waals surface area contributed by atoms with E-state index in [1.807, 2.05) is 35.9 Å². The zero-order valence-corrected chi connectivity index (χ0v) is 17.0. The first-order valence-corrected chi connectivity index (χ1v) is 10.0. The summed E-state index contributed by atoms with van der Waals surface area (Å²) in [6.07, 6.45) is 1.56. The van der Waals surface area contributed by atoms with Gasteiger partial charge >= 0.3 is 0 Å². The number of hydrogen-bond donors (Lipinski definition) is 2. The summed E-state index contributed by atoms with van der Waals surface area (Å²) in [5.41, 5.74) is 3.26. The Hall–Kier alpha value is -1.75. The van der Waals surface area contributed by atoms with Gasteiger partial charge in [0.1, 0.15) is 5.69 Å². The van der Waals surface area contributed by atoms with Crippen molar-refractivity contribution in [2.75, 3.05) is 13.1 Å². The van der Waals surface area contributed by atoms with Gasteiger partial charge in [0.25, 0.3) is 5.91 Å². The Morgan fingerprint density at radius 3 is 2.70 bits per heavy atom. The van der Waals surface area contributed by atoms with Crippen molar-refractivity contribution in [3.8, 4) is 0 Å². The molecule has 0 saturated carbocycles. The second-order valence-electron chi connectivity index (χ2n) is 7.54. The van der Waals surface area contributed by atoms with Crippen LogP contribution in [0, 0.1) is 0 Å². The Morgan fingerprint density at radius 2 is 2.04 bits per heavy atom. The van der Waals surface area contributed by atoms with E-state index >= 15 is 0 Å². The molecule has 2 aromatic rings. The van der Waals surface area contributed by atoms with Crippen LogP contribution < -0.4 is 10.6 Å². The minimum Gasteiger partial charge on any atom is -0.343 e. The molecule has 2 atom stereocenters. The molecule has 0 spiro atoms. The number of carbonyl (C=O) groups excluding carboxylic acids is 1. The summed E-state index contributed by atoms with van der Waals surface area (Å²) in [4.78, 5) is 13.3. The van der Waals surface area contributed by atoms with Gasteiger partial charge in [0.05, 0.1) is 10.6 Å². The van der Waals surface area contributed by atoms with Gasteiger partial charge in [-0.15, -0.1) is 0 Å². The normalized spacial score (nSPS) is 24.8. The Bertz CT molecular complexity index is 911. The maximum absolute atomic E-state index is 13.3. The number of halogens is 2. The highest BCUT2D eigenvalue weighted by Crippen LogP contribution is 2.43. The van der Waals surface area contributed by atoms with Crippen LogP contribution in [-0.2, 0) is 12.6 Å². The molecule has 1 amide bonds. The first kappa shape index (κ1) is 18.6. The molecule has 1 fully saturated rings. The third kappa shape index (κ3) is 3.10. The van der Waals surface area contributed by atoms with Gasteiger partial charge in [0, 0.05) is 35.8 Å². The number of carbonyl (C=O) groups is 1. The van der Waals surface area contributed by atoms with E-state index in [1.54, 1.807) is 0 Å². The molecule has 1 saturated heterocycles. The summed E-state index contributed by atoms with van der Waals surface area (Å²) in [5, 5.41) is 7.90. The van der Waals surface area contributed by atoms with Gasteiger partial charge in [-0.25, -0.2) is 0 Å². The number of rotatable bonds is 3. The van der Waals surface area contributed by atoms with Crippen molar-refractivity contribution >= 4 is 34.1 Å². The van der Waals surface area contributed by atoms with Gasteiger partial charge in [-0.2, -0.15) is 0 Å². The second kappa shape index (κ2) is 7.01. The van der Waals surface area contributed by atoms with Gasteiger partial charge in [-0.05, 0) is 31.0 Å². The molecule has 4 nitrogen and oxygen atoms in total. The summed E-state index contributed by atoms with van der Waals surface area (Å²) in [7, 11) is 1.93. The van der Waals surface area contributed by atoms with Crippen molar-refractivity contribution in [3.63, 3.8) is 0 Å². The number of aromatic nitrogens is 1. The van der Waals surface area contributed by atoms with Crippen molar-refractivity contribution in [2.45, 2.75) is 31.2 Å². The van der Waals surface area contributed by atoms with Crippen molar-refractivity contribution in [1.29, 1.82) is 0 Å². The molecule has 142 valence electrons. The summed E-state index contributed by atoms with van der Waals surface area (Å²) in [6, 6.07) is 12.0. The van der Waals surface area contributed by atoms with E-state index in [1.165, 1.54) is 0 Å². The van der Waals surface area contributed by atoms with E-state index < -0.39 is 5.54 Å². The number of allylic oxidation sites excluding steroid dienone is 1. The topological polar surface area (TPSA) is 46.1 Å². The lowest BCUT2D eigenvalue weighted by molar-refractivity contribution is 0.0895. The van der Waals surface area contributed by atoms with Crippen LogP contribution in [0.3, 0.4) is 0 Å². The molecule has 0 bridgehead atoms. The van der Waals surface area contributed by atoms with Crippen LogP contribution in [0.1, 0.15) is 53.0 Å². The maximum Gasteiger partial charge on any atom is 0.268 e. The van der Waals surface area contributed by atoms with Crippen LogP contribution in [0.25, 0.3) is 5.03 Å². The van der Waals surface area contributed by atoms with Gasteiger partial charge < -0.3 is 15.2 Å². The minimum absolute atomic E-state index is 0.0905. The van der Waals surface area contributed by atoms with Crippen LogP contribution >= 0.6 is 23.2 Å². The molecule has 1 aliphatic heterocycles. The number of amides is 1. The number of benzene rings is 1. The lowest BCUT2D eigenvalue weighted by Crippen LogP contribution is -2.47. The van der Waals surface area contributed by atoms with Crippen molar-refractivity contribution < 1.29 is 4.79 Å². The van der Waals surface area contributed by atoms with Crippen molar-refractivity contribution in [3.05, 3.63) is 63.9 Å². The van der Waals surface area contributed by atoms with E-state index in [-0.39, 0.29) is 11.8 Å². The Morgan fingerprint density at radius 1 is 1.30 bits per heavy atom. The largest absolute Gasteiger partial charge is 0.343 e. The molecule has 2 N–H and O–H groups in total. The molecule has 0 radical (unpaired) electrons. The van der Waals surface area contributed by atoms with Crippen LogP contribution in [-0.4, -0.2) is 23.6 Å². The quantitative estimate of drug-likeness (QED) is 0.802. The molecule has 6 heteroatoms. The van der Waals surface area contributed by atoms with E-state index in [4.69, 9.17) is 23.2 Å². The Kier molecular flexibility index (Phi) is 4.83. The fourth-order valence-corrected chi connectivity index (χ4v) is 4.93. The zero-order valence-electron chi connectivity index (χ0n) is 15.5. The highest BCUT2D eigenvalue weighted by atomic mass is 35.5. The number of fused-ring (bicyclic) bond motifs is 1. The molecule has 4 rings (SSSR count). The second-order valence-corrected chi connectivity index (χ2v) is 8.37. The smallest absolute Gasteiger partial charge is 0.268 e. The highest BCUT2D eigenvalue weighted by Gasteiger charge is 2.38. The van der Waals surface area contributed by atoms with Gasteiger partial charge in [-0.3, -0.25) is 4.79 Å². The molecule has 1 aliphatic carbocycles. The number of nitrogens with zero attached hydrogens (tertiary/aromatic N) is 1. The molecular weight excluding hydrogens is 381 g/mol. The Balaban J connectivity index is 1.70. The summed E-state index contributed by atoms with van der Waals surface area (Å²) < 4.78 is 1.96. The molecule has 1 aromatic heterocycles. The highest BCUT2D eigenvalue weighted by molar-refractivity contribution is 6.55. The van der Waals surface area contributed by atoms with E-state index in [9.17, 15) is 4.79 Å². The predicted octanol–water partition coefficient (Wildman–Crippen LogP) is 4.30. The summed E-state index contributed by atoms with van der Waals surface area (Å²) in [6.45, 7) is 3.70. The molecule has 2 heterocycles. The van der Waals surface area contributed by atoms with E-state index in [0.29, 0.717) is 22.2 Å². The van der Waals surface area contributed by atoms with Gasteiger partial charge in [0.15, 0.2) is 0 Å². The zero-order chi connectivity index (χ0) is 19.2. The molecule has 2 unspecified atom stereocenters. The van der Waals surface area contributed by atoms with E-state index in [2.05, 4.69) is 29.7 Å². The SMILES string of the molecule is CC1CC(Cl)=C(Cl)c2cc(C(=O)NC3(c4ccccc4)CCNC3)n(C)c21. The standard InChI is InChI=1S/C21H23Cl2N3O/c1-13-10-16(22)18(23)15-11-17(26(2)19(13)15)20(27)25-21(8-9-24-12-21)14-6-4-3-5-7-14/h3-7,11,13,24H,8-10,12H2,1-2H3,(H,25,27). The fourth-order valence-electron chi connectivity index (χ4n) is 4.36. The van der Waals surface area contributed by atoms with Crippen LogP contribution in [0.4, 0.5) is 0 Å². The molecule has 1 aromatic carbocycles. The Labute approximate surface area is 169 Å². The monoisotopic (exact) mass is 403 g/mol. The fraction of sp³-hybridized carbons (Fsp3) is 0.381. The van der Waals surface area contributed by atoms with Gasteiger partial charge in [-0.1, -0.05) is 60.5 Å². The van der Waals surface area contributed by atoms with Gasteiger partial charge in [0.2, 0.25) is 0 Å². The lowest BCUT2D eigenvalue weighted by Gasteiger charge is -2.30.